The average Bonchev–Trinajstić information content (AvgIpc) is 2.48. The van der Waals surface area contributed by atoms with Crippen LogP contribution in [-0.2, 0) is 0 Å². The van der Waals surface area contributed by atoms with E-state index in [1.807, 2.05) is 49.4 Å². The number of para-hydroxylation sites is 1. The smallest absolute Gasteiger partial charge is 0.139 e. The fraction of sp³-hybridized carbons (Fsp3) is 0.250. The summed E-state index contributed by atoms with van der Waals surface area (Å²) in [6.07, 6.45) is -0.258. The standard InChI is InChI=1S/C16H18ClNO2/c1-11-9-12(7-8-14(11)17)20-16(10-18)13-5-3-4-6-15(13)19-2/h3-9,16H,10,18H2,1-2H3. The van der Waals surface area contributed by atoms with Crippen LogP contribution in [0.5, 0.6) is 11.5 Å². The molecular formula is C16H18ClNO2. The molecule has 0 aromatic heterocycles. The first-order valence-corrected chi connectivity index (χ1v) is 6.79. The molecule has 0 saturated carbocycles. The summed E-state index contributed by atoms with van der Waals surface area (Å²) in [4.78, 5) is 0. The Morgan fingerprint density at radius 2 is 1.95 bits per heavy atom. The van der Waals surface area contributed by atoms with Crippen LogP contribution in [0.4, 0.5) is 0 Å². The highest BCUT2D eigenvalue weighted by Crippen LogP contribution is 2.30. The van der Waals surface area contributed by atoms with Crippen molar-refractivity contribution in [1.82, 2.24) is 0 Å². The summed E-state index contributed by atoms with van der Waals surface area (Å²) in [5.74, 6) is 1.52. The predicted molar refractivity (Wildman–Crippen MR) is 81.6 cm³/mol. The zero-order valence-corrected chi connectivity index (χ0v) is 12.4. The van der Waals surface area contributed by atoms with Gasteiger partial charge in [0, 0.05) is 17.1 Å². The first-order valence-electron chi connectivity index (χ1n) is 6.41. The van der Waals surface area contributed by atoms with Gasteiger partial charge in [-0.2, -0.15) is 0 Å². The summed E-state index contributed by atoms with van der Waals surface area (Å²) in [7, 11) is 1.64. The van der Waals surface area contributed by atoms with Gasteiger partial charge in [0.2, 0.25) is 0 Å². The number of ether oxygens (including phenoxy) is 2. The number of nitrogens with two attached hydrogens (primary N) is 1. The summed E-state index contributed by atoms with van der Waals surface area (Å²) in [5, 5.41) is 0.721. The molecule has 106 valence electrons. The molecule has 2 aromatic rings. The monoisotopic (exact) mass is 291 g/mol. The fourth-order valence-corrected chi connectivity index (χ4v) is 2.14. The molecule has 0 fully saturated rings. The van der Waals surface area contributed by atoms with Crippen LogP contribution in [0.3, 0.4) is 0 Å². The number of methoxy groups -OCH3 is 1. The molecule has 0 amide bonds. The third kappa shape index (κ3) is 3.24. The van der Waals surface area contributed by atoms with Crippen molar-refractivity contribution in [3.8, 4) is 11.5 Å². The van der Waals surface area contributed by atoms with Gasteiger partial charge in [-0.1, -0.05) is 29.8 Å². The Balaban J connectivity index is 2.26. The second kappa shape index (κ2) is 6.64. The van der Waals surface area contributed by atoms with Gasteiger partial charge < -0.3 is 15.2 Å². The molecule has 2 aromatic carbocycles. The minimum absolute atomic E-state index is 0.258. The molecular weight excluding hydrogens is 274 g/mol. The Labute approximate surface area is 124 Å². The van der Waals surface area contributed by atoms with E-state index in [1.54, 1.807) is 7.11 Å². The van der Waals surface area contributed by atoms with Gasteiger partial charge >= 0.3 is 0 Å². The van der Waals surface area contributed by atoms with Gasteiger partial charge in [0.05, 0.1) is 7.11 Å². The van der Waals surface area contributed by atoms with Crippen LogP contribution in [-0.4, -0.2) is 13.7 Å². The quantitative estimate of drug-likeness (QED) is 0.913. The minimum atomic E-state index is -0.258. The molecule has 2 rings (SSSR count). The maximum Gasteiger partial charge on any atom is 0.139 e. The summed E-state index contributed by atoms with van der Waals surface area (Å²) >= 11 is 6.02. The van der Waals surface area contributed by atoms with Crippen LogP contribution in [0.15, 0.2) is 42.5 Å². The third-order valence-electron chi connectivity index (χ3n) is 3.11. The Bertz CT molecular complexity index is 586. The number of benzene rings is 2. The highest BCUT2D eigenvalue weighted by Gasteiger charge is 2.16. The molecule has 20 heavy (non-hydrogen) atoms. The van der Waals surface area contributed by atoms with E-state index >= 15 is 0 Å². The van der Waals surface area contributed by atoms with Crippen LogP contribution in [0.25, 0.3) is 0 Å². The van der Waals surface area contributed by atoms with E-state index in [9.17, 15) is 0 Å². The zero-order chi connectivity index (χ0) is 14.5. The number of halogens is 1. The molecule has 3 nitrogen and oxygen atoms in total. The van der Waals surface area contributed by atoms with Gasteiger partial charge in [-0.3, -0.25) is 0 Å². The number of hydrogen-bond acceptors (Lipinski definition) is 3. The highest BCUT2D eigenvalue weighted by molar-refractivity contribution is 6.31. The SMILES string of the molecule is COc1ccccc1C(CN)Oc1ccc(Cl)c(C)c1. The largest absolute Gasteiger partial charge is 0.496 e. The van der Waals surface area contributed by atoms with Crippen LogP contribution >= 0.6 is 11.6 Å². The summed E-state index contributed by atoms with van der Waals surface area (Å²) < 4.78 is 11.3. The van der Waals surface area contributed by atoms with Crippen molar-refractivity contribution in [2.45, 2.75) is 13.0 Å². The minimum Gasteiger partial charge on any atom is -0.496 e. The van der Waals surface area contributed by atoms with Gasteiger partial charge in [0.15, 0.2) is 0 Å². The normalized spacial score (nSPS) is 12.0. The second-order valence-corrected chi connectivity index (χ2v) is 4.90. The van der Waals surface area contributed by atoms with E-state index in [-0.39, 0.29) is 6.10 Å². The lowest BCUT2D eigenvalue weighted by molar-refractivity contribution is 0.209. The molecule has 0 aliphatic carbocycles. The van der Waals surface area contributed by atoms with Crippen LogP contribution in [0.2, 0.25) is 5.02 Å². The Hall–Kier alpha value is -1.71. The highest BCUT2D eigenvalue weighted by atomic mass is 35.5. The van der Waals surface area contributed by atoms with Crippen LogP contribution < -0.4 is 15.2 Å². The lowest BCUT2D eigenvalue weighted by Crippen LogP contribution is -2.19. The molecule has 2 N–H and O–H groups in total. The fourth-order valence-electron chi connectivity index (χ4n) is 2.03. The third-order valence-corrected chi connectivity index (χ3v) is 3.53. The molecule has 0 spiro atoms. The van der Waals surface area contributed by atoms with Gasteiger partial charge in [-0.05, 0) is 36.8 Å². The molecule has 1 unspecified atom stereocenters. The van der Waals surface area contributed by atoms with Crippen molar-refractivity contribution in [2.75, 3.05) is 13.7 Å². The Morgan fingerprint density at radius 3 is 2.60 bits per heavy atom. The van der Waals surface area contributed by atoms with Crippen molar-refractivity contribution >= 4 is 11.6 Å². The molecule has 0 heterocycles. The van der Waals surface area contributed by atoms with Crippen molar-refractivity contribution in [2.24, 2.45) is 5.73 Å². The number of hydrogen-bond donors (Lipinski definition) is 1. The van der Waals surface area contributed by atoms with Crippen molar-refractivity contribution < 1.29 is 9.47 Å². The molecule has 0 aliphatic rings. The van der Waals surface area contributed by atoms with E-state index < -0.39 is 0 Å². The van der Waals surface area contributed by atoms with Gasteiger partial charge in [0.25, 0.3) is 0 Å². The maximum absolute atomic E-state index is 6.02. The summed E-state index contributed by atoms with van der Waals surface area (Å²) in [5.41, 5.74) is 7.75. The van der Waals surface area contributed by atoms with Crippen LogP contribution in [0.1, 0.15) is 17.2 Å². The second-order valence-electron chi connectivity index (χ2n) is 4.50. The van der Waals surface area contributed by atoms with Gasteiger partial charge in [0.1, 0.15) is 17.6 Å². The van der Waals surface area contributed by atoms with E-state index in [1.165, 1.54) is 0 Å². The zero-order valence-electron chi connectivity index (χ0n) is 11.6. The average molecular weight is 292 g/mol. The molecule has 0 bridgehead atoms. The Kier molecular flexibility index (Phi) is 4.88. The van der Waals surface area contributed by atoms with Gasteiger partial charge in [-0.25, -0.2) is 0 Å². The van der Waals surface area contributed by atoms with Crippen molar-refractivity contribution in [3.63, 3.8) is 0 Å². The van der Waals surface area contributed by atoms with Crippen molar-refractivity contribution in [1.29, 1.82) is 0 Å². The summed E-state index contributed by atoms with van der Waals surface area (Å²) in [6.45, 7) is 2.30. The first-order chi connectivity index (χ1) is 9.65. The van der Waals surface area contributed by atoms with E-state index in [0.717, 1.165) is 27.6 Å². The van der Waals surface area contributed by atoms with E-state index in [4.69, 9.17) is 26.8 Å². The van der Waals surface area contributed by atoms with Gasteiger partial charge in [-0.15, -0.1) is 0 Å². The van der Waals surface area contributed by atoms with E-state index in [0.29, 0.717) is 6.54 Å². The molecule has 0 radical (unpaired) electrons. The molecule has 0 aliphatic heterocycles. The lowest BCUT2D eigenvalue weighted by Gasteiger charge is -2.20. The topological polar surface area (TPSA) is 44.5 Å². The molecule has 4 heteroatoms. The van der Waals surface area contributed by atoms with Crippen molar-refractivity contribution in [3.05, 3.63) is 58.6 Å². The first kappa shape index (κ1) is 14.7. The number of aryl methyl sites for hydroxylation is 1. The predicted octanol–water partition coefficient (Wildman–Crippen LogP) is 3.74. The molecule has 1 atom stereocenters. The summed E-state index contributed by atoms with van der Waals surface area (Å²) in [6, 6.07) is 13.3. The van der Waals surface area contributed by atoms with E-state index in [2.05, 4.69) is 0 Å². The Morgan fingerprint density at radius 1 is 1.20 bits per heavy atom. The molecule has 0 saturated heterocycles. The van der Waals surface area contributed by atoms with Crippen LogP contribution in [0, 0.1) is 6.92 Å². The number of rotatable bonds is 5. The maximum atomic E-state index is 6.02. The lowest BCUT2D eigenvalue weighted by atomic mass is 10.1.